The zero-order valence-corrected chi connectivity index (χ0v) is 19.3. The van der Waals surface area contributed by atoms with Gasteiger partial charge in [0.2, 0.25) is 0 Å². The summed E-state index contributed by atoms with van der Waals surface area (Å²) in [7, 11) is 4.63. The lowest BCUT2D eigenvalue weighted by Gasteiger charge is -2.15. The highest BCUT2D eigenvalue weighted by Crippen LogP contribution is 2.30. The molecule has 0 saturated heterocycles. The minimum absolute atomic E-state index is 0. The smallest absolute Gasteiger partial charge is 0.411 e. The molecule has 0 atom stereocenters. The summed E-state index contributed by atoms with van der Waals surface area (Å²) in [6, 6.07) is 13.0. The van der Waals surface area contributed by atoms with E-state index in [1.54, 1.807) is 14.2 Å². The van der Waals surface area contributed by atoms with Crippen molar-refractivity contribution in [3.63, 3.8) is 0 Å². The molecule has 0 saturated carbocycles. The van der Waals surface area contributed by atoms with E-state index >= 15 is 0 Å². The molecule has 9 heteroatoms. The summed E-state index contributed by atoms with van der Waals surface area (Å²) in [6.07, 6.45) is -0.499. The summed E-state index contributed by atoms with van der Waals surface area (Å²) in [5.41, 5.74) is 2.53. The molecular weight excluding hydrogens is 487 g/mol. The van der Waals surface area contributed by atoms with Crippen molar-refractivity contribution in [1.82, 2.24) is 5.32 Å². The molecule has 2 rings (SSSR count). The van der Waals surface area contributed by atoms with Gasteiger partial charge in [0, 0.05) is 31.0 Å². The maximum atomic E-state index is 11.2. The van der Waals surface area contributed by atoms with Gasteiger partial charge in [-0.25, -0.2) is 4.79 Å². The Labute approximate surface area is 188 Å². The summed E-state index contributed by atoms with van der Waals surface area (Å²) in [6.45, 7) is 3.03. The maximum Gasteiger partial charge on any atom is 0.411 e. The molecule has 2 aromatic carbocycles. The van der Waals surface area contributed by atoms with E-state index in [-0.39, 0.29) is 24.0 Å². The van der Waals surface area contributed by atoms with Crippen molar-refractivity contribution in [3.8, 4) is 11.5 Å². The second kappa shape index (κ2) is 12.7. The number of rotatable bonds is 7. The number of anilines is 2. The van der Waals surface area contributed by atoms with E-state index in [9.17, 15) is 4.79 Å². The van der Waals surface area contributed by atoms with E-state index in [0.29, 0.717) is 36.3 Å². The van der Waals surface area contributed by atoms with E-state index in [1.165, 1.54) is 7.11 Å². The number of guanidine groups is 1. The topological polar surface area (TPSA) is 93.2 Å². The second-order valence-electron chi connectivity index (χ2n) is 5.66. The van der Waals surface area contributed by atoms with Crippen LogP contribution in [-0.2, 0) is 11.3 Å². The van der Waals surface area contributed by atoms with Gasteiger partial charge in [-0.15, -0.1) is 24.0 Å². The van der Waals surface area contributed by atoms with Crippen LogP contribution in [0.1, 0.15) is 12.5 Å². The first-order valence-corrected chi connectivity index (χ1v) is 8.82. The van der Waals surface area contributed by atoms with Crippen molar-refractivity contribution in [3.05, 3.63) is 48.0 Å². The predicted molar refractivity (Wildman–Crippen MR) is 126 cm³/mol. The van der Waals surface area contributed by atoms with Crippen molar-refractivity contribution in [2.24, 2.45) is 4.99 Å². The number of hydrogen-bond acceptors (Lipinski definition) is 5. The van der Waals surface area contributed by atoms with Crippen molar-refractivity contribution in [2.75, 3.05) is 38.5 Å². The van der Waals surface area contributed by atoms with Crippen LogP contribution in [0.15, 0.2) is 47.5 Å². The van der Waals surface area contributed by atoms with Crippen molar-refractivity contribution >= 4 is 47.4 Å². The molecule has 0 aliphatic heterocycles. The highest BCUT2D eigenvalue weighted by atomic mass is 127. The van der Waals surface area contributed by atoms with E-state index in [2.05, 4.69) is 25.7 Å². The van der Waals surface area contributed by atoms with E-state index in [0.717, 1.165) is 11.3 Å². The van der Waals surface area contributed by atoms with Crippen LogP contribution in [0.3, 0.4) is 0 Å². The monoisotopic (exact) mass is 514 g/mol. The fraction of sp³-hybridized carbons (Fsp3) is 0.300. The molecular formula is C20H27IN4O4. The largest absolute Gasteiger partial charge is 0.493 e. The van der Waals surface area contributed by atoms with Gasteiger partial charge in [-0.05, 0) is 36.8 Å². The third-order valence-corrected chi connectivity index (χ3v) is 3.80. The van der Waals surface area contributed by atoms with Crippen molar-refractivity contribution in [2.45, 2.75) is 13.5 Å². The van der Waals surface area contributed by atoms with Crippen LogP contribution < -0.4 is 25.4 Å². The molecule has 3 N–H and O–H groups in total. The Kier molecular flexibility index (Phi) is 10.7. The van der Waals surface area contributed by atoms with Crippen LogP contribution in [0.5, 0.6) is 11.5 Å². The Morgan fingerprint density at radius 1 is 1.00 bits per heavy atom. The molecule has 29 heavy (non-hydrogen) atoms. The third kappa shape index (κ3) is 7.68. The fourth-order valence-electron chi connectivity index (χ4n) is 2.40. The number of halogens is 1. The number of ether oxygens (including phenoxy) is 3. The van der Waals surface area contributed by atoms with Crippen LogP contribution in [-0.4, -0.2) is 39.9 Å². The lowest BCUT2D eigenvalue weighted by Crippen LogP contribution is -2.30. The summed E-state index contributed by atoms with van der Waals surface area (Å²) < 4.78 is 15.5. The van der Waals surface area contributed by atoms with Crippen LogP contribution in [0, 0.1) is 0 Å². The molecule has 8 nitrogen and oxygen atoms in total. The van der Waals surface area contributed by atoms with E-state index in [1.807, 2.05) is 49.4 Å². The van der Waals surface area contributed by atoms with Gasteiger partial charge in [-0.1, -0.05) is 12.1 Å². The number of hydrogen-bond donors (Lipinski definition) is 3. The van der Waals surface area contributed by atoms with Gasteiger partial charge in [0.25, 0.3) is 0 Å². The minimum atomic E-state index is -0.499. The van der Waals surface area contributed by atoms with Crippen molar-refractivity contribution in [1.29, 1.82) is 0 Å². The van der Waals surface area contributed by atoms with Crippen LogP contribution in [0.2, 0.25) is 0 Å². The average Bonchev–Trinajstić information content (AvgIpc) is 2.72. The Morgan fingerprint density at radius 2 is 1.69 bits per heavy atom. The molecule has 0 aliphatic carbocycles. The molecule has 1 amide bonds. The molecule has 0 unspecified atom stereocenters. The summed E-state index contributed by atoms with van der Waals surface area (Å²) in [4.78, 5) is 15.4. The second-order valence-corrected chi connectivity index (χ2v) is 5.66. The van der Waals surface area contributed by atoms with Gasteiger partial charge < -0.3 is 24.8 Å². The van der Waals surface area contributed by atoms with E-state index in [4.69, 9.17) is 9.47 Å². The molecule has 2 aromatic rings. The van der Waals surface area contributed by atoms with Crippen LogP contribution in [0.4, 0.5) is 16.2 Å². The third-order valence-electron chi connectivity index (χ3n) is 3.80. The zero-order chi connectivity index (χ0) is 20.4. The lowest BCUT2D eigenvalue weighted by atomic mass is 10.2. The van der Waals surface area contributed by atoms with Gasteiger partial charge in [-0.3, -0.25) is 10.3 Å². The number of nitrogens with one attached hydrogen (secondary N) is 3. The van der Waals surface area contributed by atoms with Crippen LogP contribution >= 0.6 is 24.0 Å². The highest BCUT2D eigenvalue weighted by Gasteiger charge is 2.07. The Bertz CT molecular complexity index is 813. The number of carbonyl (C=O) groups is 1. The first-order chi connectivity index (χ1) is 13.6. The minimum Gasteiger partial charge on any atom is -0.493 e. The maximum absolute atomic E-state index is 11.2. The Morgan fingerprint density at radius 3 is 2.28 bits per heavy atom. The van der Waals surface area contributed by atoms with Crippen molar-refractivity contribution < 1.29 is 19.0 Å². The molecule has 0 heterocycles. The number of amides is 1. The van der Waals surface area contributed by atoms with Crippen LogP contribution in [0.25, 0.3) is 0 Å². The zero-order valence-electron chi connectivity index (χ0n) is 16.9. The Hall–Kier alpha value is -2.69. The molecule has 0 fully saturated rings. The molecule has 0 radical (unpaired) electrons. The van der Waals surface area contributed by atoms with E-state index < -0.39 is 6.09 Å². The SMILES string of the molecule is CCOc1cc(NC(=NC)NCc2ccc(NC(=O)OC)cc2)ccc1OC.I. The predicted octanol–water partition coefficient (Wildman–Crippen LogP) is 4.08. The molecule has 0 aliphatic rings. The van der Waals surface area contributed by atoms with Gasteiger partial charge >= 0.3 is 6.09 Å². The Balaban J connectivity index is 0.00000420. The molecule has 0 spiro atoms. The molecule has 0 bridgehead atoms. The van der Waals surface area contributed by atoms with Gasteiger partial charge in [0.05, 0.1) is 20.8 Å². The standard InChI is InChI=1S/C20H26N4O4.HI/c1-5-28-18-12-16(10-11-17(18)26-3)23-19(21-2)22-13-14-6-8-15(9-7-14)24-20(25)27-4;/h6-12H,5,13H2,1-4H3,(H,24,25)(H2,21,22,23);1H. The first kappa shape index (κ1) is 24.3. The van der Waals surface area contributed by atoms with Gasteiger partial charge in [0.1, 0.15) is 0 Å². The number of methoxy groups -OCH3 is 2. The normalized spacial score (nSPS) is 10.4. The lowest BCUT2D eigenvalue weighted by molar-refractivity contribution is 0.187. The first-order valence-electron chi connectivity index (χ1n) is 8.82. The fourth-order valence-corrected chi connectivity index (χ4v) is 2.40. The number of carbonyl (C=O) groups excluding carboxylic acids is 1. The molecule has 0 aromatic heterocycles. The quantitative estimate of drug-likeness (QED) is 0.293. The molecule has 158 valence electrons. The van der Waals surface area contributed by atoms with Gasteiger partial charge in [0.15, 0.2) is 17.5 Å². The number of benzene rings is 2. The average molecular weight is 514 g/mol. The summed E-state index contributed by atoms with van der Waals surface area (Å²) >= 11 is 0. The number of nitrogens with zero attached hydrogens (tertiary/aromatic N) is 1. The van der Waals surface area contributed by atoms with Gasteiger partial charge in [-0.2, -0.15) is 0 Å². The number of aliphatic imine (C=N–C) groups is 1. The highest BCUT2D eigenvalue weighted by molar-refractivity contribution is 14.0. The summed E-state index contributed by atoms with van der Waals surface area (Å²) in [5, 5.41) is 9.08. The summed E-state index contributed by atoms with van der Waals surface area (Å²) in [5.74, 6) is 1.96.